The predicted octanol–water partition coefficient (Wildman–Crippen LogP) is 5.25. The SMILES string of the molecule is Cc1cc(C(=O)Nc2cc(C(N)(CCC3CC3)c3cccnc3)ccc2F)n(-c2cccc(C(=N)N)c2)c1. The molecule has 6 N–H and O–H groups in total. The Kier molecular flexibility index (Phi) is 6.82. The normalized spacial score (nSPS) is 14.6. The molecule has 1 aliphatic carbocycles. The smallest absolute Gasteiger partial charge is 0.272 e. The van der Waals surface area contributed by atoms with Gasteiger partial charge in [0.2, 0.25) is 0 Å². The first-order chi connectivity index (χ1) is 18.2. The Morgan fingerprint density at radius 1 is 1.16 bits per heavy atom. The second kappa shape index (κ2) is 10.2. The standard InChI is InChI=1S/C30H31FN6O/c1-19-14-27(37(18-19)24-6-2-4-21(15-24)28(32)33)29(38)36-26-16-22(9-10-25(26)31)30(34,12-11-20-7-8-20)23-5-3-13-35-17-23/h2-6,9-10,13-18,20H,7-8,11-12,34H2,1H3,(H3,32,33)(H,36,38). The van der Waals surface area contributed by atoms with Gasteiger partial charge in [0.1, 0.15) is 17.3 Å². The predicted molar refractivity (Wildman–Crippen MR) is 147 cm³/mol. The van der Waals surface area contributed by atoms with E-state index in [9.17, 15) is 4.79 Å². The number of aryl methyl sites for hydroxylation is 1. The zero-order valence-corrected chi connectivity index (χ0v) is 21.2. The number of pyridine rings is 1. The molecule has 0 spiro atoms. The third-order valence-electron chi connectivity index (χ3n) is 7.17. The molecule has 0 bridgehead atoms. The molecule has 1 aliphatic rings. The van der Waals surface area contributed by atoms with E-state index in [0.29, 0.717) is 34.8 Å². The van der Waals surface area contributed by atoms with Crippen LogP contribution in [0.25, 0.3) is 5.69 Å². The number of halogens is 1. The molecule has 38 heavy (non-hydrogen) atoms. The van der Waals surface area contributed by atoms with E-state index in [0.717, 1.165) is 17.5 Å². The summed E-state index contributed by atoms with van der Waals surface area (Å²) in [6.07, 6.45) is 9.34. The Balaban J connectivity index is 1.47. The monoisotopic (exact) mass is 510 g/mol. The number of amidine groups is 1. The topological polar surface area (TPSA) is 123 Å². The van der Waals surface area contributed by atoms with Crippen LogP contribution in [0, 0.1) is 24.1 Å². The minimum absolute atomic E-state index is 0.0560. The first-order valence-electron chi connectivity index (χ1n) is 12.7. The molecule has 1 amide bonds. The van der Waals surface area contributed by atoms with Crippen molar-refractivity contribution in [1.29, 1.82) is 5.41 Å². The van der Waals surface area contributed by atoms with Crippen molar-refractivity contribution in [3.8, 4) is 5.69 Å². The number of benzene rings is 2. The molecule has 1 unspecified atom stereocenters. The van der Waals surface area contributed by atoms with Gasteiger partial charge in [0.15, 0.2) is 0 Å². The van der Waals surface area contributed by atoms with Gasteiger partial charge in [-0.25, -0.2) is 4.39 Å². The van der Waals surface area contributed by atoms with Crippen LogP contribution in [0.5, 0.6) is 0 Å². The number of carbonyl (C=O) groups excluding carboxylic acids is 1. The second-order valence-corrected chi connectivity index (χ2v) is 10.1. The van der Waals surface area contributed by atoms with Gasteiger partial charge in [0, 0.05) is 29.8 Å². The fourth-order valence-electron chi connectivity index (χ4n) is 4.81. The minimum atomic E-state index is -0.867. The molecule has 7 nitrogen and oxygen atoms in total. The Hall–Kier alpha value is -4.30. The lowest BCUT2D eigenvalue weighted by Crippen LogP contribution is -2.38. The van der Waals surface area contributed by atoms with Crippen LogP contribution in [-0.2, 0) is 5.54 Å². The van der Waals surface area contributed by atoms with Gasteiger partial charge >= 0.3 is 0 Å². The molecule has 2 aromatic heterocycles. The molecule has 5 rings (SSSR count). The van der Waals surface area contributed by atoms with E-state index in [4.69, 9.17) is 16.9 Å². The molecule has 0 saturated heterocycles. The molecule has 4 aromatic rings. The maximum atomic E-state index is 15.0. The molecule has 1 atom stereocenters. The zero-order valence-electron chi connectivity index (χ0n) is 21.2. The molecule has 1 saturated carbocycles. The Labute approximate surface area is 221 Å². The Morgan fingerprint density at radius 3 is 2.68 bits per heavy atom. The van der Waals surface area contributed by atoms with Crippen LogP contribution in [0.1, 0.15) is 58.4 Å². The summed E-state index contributed by atoms with van der Waals surface area (Å²) in [6, 6.07) is 17.2. The highest BCUT2D eigenvalue weighted by atomic mass is 19.1. The zero-order chi connectivity index (χ0) is 26.9. The number of nitrogens with zero attached hydrogens (tertiary/aromatic N) is 2. The number of hydrogen-bond acceptors (Lipinski definition) is 4. The van der Waals surface area contributed by atoms with Crippen molar-refractivity contribution in [2.24, 2.45) is 17.4 Å². The summed E-state index contributed by atoms with van der Waals surface area (Å²) in [6.45, 7) is 1.87. The number of aromatic nitrogens is 2. The molecule has 0 aliphatic heterocycles. The number of anilines is 1. The fraction of sp³-hybridized carbons (Fsp3) is 0.233. The summed E-state index contributed by atoms with van der Waals surface area (Å²) in [5.41, 5.74) is 15.8. The van der Waals surface area contributed by atoms with Crippen molar-refractivity contribution in [2.45, 2.75) is 38.1 Å². The van der Waals surface area contributed by atoms with Crippen molar-refractivity contribution < 1.29 is 9.18 Å². The minimum Gasteiger partial charge on any atom is -0.384 e. The molecule has 1 fully saturated rings. The van der Waals surface area contributed by atoms with E-state index in [1.54, 1.807) is 53.4 Å². The van der Waals surface area contributed by atoms with Gasteiger partial charge in [-0.05, 0) is 78.8 Å². The van der Waals surface area contributed by atoms with Crippen molar-refractivity contribution in [3.63, 3.8) is 0 Å². The van der Waals surface area contributed by atoms with Crippen molar-refractivity contribution in [2.75, 3.05) is 5.32 Å². The van der Waals surface area contributed by atoms with Gasteiger partial charge in [0.05, 0.1) is 11.2 Å². The third kappa shape index (κ3) is 5.21. The highest BCUT2D eigenvalue weighted by Gasteiger charge is 2.33. The number of carbonyl (C=O) groups is 1. The molecule has 194 valence electrons. The molecule has 8 heteroatoms. The lowest BCUT2D eigenvalue weighted by atomic mass is 9.80. The highest BCUT2D eigenvalue weighted by molar-refractivity contribution is 6.04. The average molecular weight is 511 g/mol. The van der Waals surface area contributed by atoms with E-state index in [2.05, 4.69) is 10.3 Å². The highest BCUT2D eigenvalue weighted by Crippen LogP contribution is 2.40. The first kappa shape index (κ1) is 25.4. The average Bonchev–Trinajstić information content (AvgIpc) is 3.68. The first-order valence-corrected chi connectivity index (χ1v) is 12.7. The summed E-state index contributed by atoms with van der Waals surface area (Å²) in [5.74, 6) is -0.413. The van der Waals surface area contributed by atoms with E-state index in [1.807, 2.05) is 31.3 Å². The van der Waals surface area contributed by atoms with E-state index < -0.39 is 17.3 Å². The van der Waals surface area contributed by atoms with Crippen LogP contribution in [0.3, 0.4) is 0 Å². The van der Waals surface area contributed by atoms with E-state index in [1.165, 1.54) is 18.9 Å². The number of nitrogen functional groups attached to an aromatic ring is 1. The number of rotatable bonds is 9. The molecular formula is C30H31FN6O. The Bertz CT molecular complexity index is 1490. The second-order valence-electron chi connectivity index (χ2n) is 10.1. The van der Waals surface area contributed by atoms with Gasteiger partial charge in [-0.15, -0.1) is 0 Å². The van der Waals surface area contributed by atoms with Crippen LogP contribution >= 0.6 is 0 Å². The molecular weight excluding hydrogens is 479 g/mol. The molecule has 0 radical (unpaired) electrons. The number of nitrogens with one attached hydrogen (secondary N) is 2. The third-order valence-corrected chi connectivity index (χ3v) is 7.17. The number of nitrogens with two attached hydrogens (primary N) is 2. The van der Waals surface area contributed by atoms with Crippen molar-refractivity contribution in [1.82, 2.24) is 9.55 Å². The Morgan fingerprint density at radius 2 is 1.97 bits per heavy atom. The van der Waals surface area contributed by atoms with Gasteiger partial charge in [-0.3, -0.25) is 15.2 Å². The summed E-state index contributed by atoms with van der Waals surface area (Å²) in [5, 5.41) is 10.5. The van der Waals surface area contributed by atoms with Crippen LogP contribution in [0.15, 0.2) is 79.3 Å². The van der Waals surface area contributed by atoms with Crippen LogP contribution in [0.2, 0.25) is 0 Å². The molecule has 2 heterocycles. The lowest BCUT2D eigenvalue weighted by molar-refractivity contribution is 0.102. The van der Waals surface area contributed by atoms with Gasteiger partial charge in [-0.2, -0.15) is 0 Å². The van der Waals surface area contributed by atoms with Crippen molar-refractivity contribution in [3.05, 3.63) is 113 Å². The maximum absolute atomic E-state index is 15.0. The van der Waals surface area contributed by atoms with E-state index >= 15 is 4.39 Å². The van der Waals surface area contributed by atoms with Gasteiger partial charge in [0.25, 0.3) is 5.91 Å². The summed E-state index contributed by atoms with van der Waals surface area (Å²) in [4.78, 5) is 17.7. The van der Waals surface area contributed by atoms with Gasteiger partial charge < -0.3 is 21.4 Å². The van der Waals surface area contributed by atoms with Crippen LogP contribution in [0.4, 0.5) is 10.1 Å². The quantitative estimate of drug-likeness (QED) is 0.181. The molecule has 2 aromatic carbocycles. The van der Waals surface area contributed by atoms with Crippen molar-refractivity contribution >= 4 is 17.4 Å². The van der Waals surface area contributed by atoms with Crippen LogP contribution in [-0.4, -0.2) is 21.3 Å². The summed E-state index contributed by atoms with van der Waals surface area (Å²) in [7, 11) is 0. The largest absolute Gasteiger partial charge is 0.384 e. The van der Waals surface area contributed by atoms with E-state index in [-0.39, 0.29) is 11.5 Å². The maximum Gasteiger partial charge on any atom is 0.272 e. The van der Waals surface area contributed by atoms with Crippen LogP contribution < -0.4 is 16.8 Å². The number of amides is 1. The fourth-order valence-corrected chi connectivity index (χ4v) is 4.81. The summed E-state index contributed by atoms with van der Waals surface area (Å²) < 4.78 is 16.7. The van der Waals surface area contributed by atoms with Gasteiger partial charge in [-0.1, -0.05) is 37.1 Å². The summed E-state index contributed by atoms with van der Waals surface area (Å²) >= 11 is 0. The number of hydrogen-bond donors (Lipinski definition) is 4. The lowest BCUT2D eigenvalue weighted by Gasteiger charge is -2.31.